The Balaban J connectivity index is 1.33. The van der Waals surface area contributed by atoms with Gasteiger partial charge in [-0.15, -0.1) is 0 Å². The Morgan fingerprint density at radius 1 is 0.509 bits per heavy atom. The highest BCUT2D eigenvalue weighted by Crippen LogP contribution is 2.45. The Morgan fingerprint density at radius 3 is 1.91 bits per heavy atom. The molecule has 0 bridgehead atoms. The number of aromatic nitrogens is 2. The van der Waals surface area contributed by atoms with Gasteiger partial charge < -0.3 is 4.42 Å². The van der Waals surface area contributed by atoms with Crippen LogP contribution >= 0.6 is 0 Å². The van der Waals surface area contributed by atoms with Gasteiger partial charge in [0.05, 0.1) is 22.3 Å². The second kappa shape index (κ2) is 12.5. The molecular formula is C50H36N2O. The minimum absolute atomic E-state index is 0.383. The van der Waals surface area contributed by atoms with Crippen LogP contribution in [0.2, 0.25) is 0 Å². The summed E-state index contributed by atoms with van der Waals surface area (Å²) >= 11 is 0. The molecule has 3 nitrogen and oxygen atoms in total. The van der Waals surface area contributed by atoms with Crippen LogP contribution in [0.5, 0.6) is 0 Å². The fourth-order valence-electron chi connectivity index (χ4n) is 7.92. The molecule has 3 heteroatoms. The van der Waals surface area contributed by atoms with E-state index in [0.29, 0.717) is 5.92 Å². The number of hydrogen-bond donors (Lipinski definition) is 0. The topological polar surface area (TPSA) is 31.0 Å². The summed E-state index contributed by atoms with van der Waals surface area (Å²) in [5.74, 6) is 1.22. The van der Waals surface area contributed by atoms with Crippen molar-refractivity contribution in [2.75, 3.05) is 0 Å². The van der Waals surface area contributed by atoms with Crippen molar-refractivity contribution in [3.63, 3.8) is 0 Å². The summed E-state index contributed by atoms with van der Waals surface area (Å²) in [5.41, 5.74) is 13.9. The quantitative estimate of drug-likeness (QED) is 0.175. The zero-order valence-corrected chi connectivity index (χ0v) is 29.6. The van der Waals surface area contributed by atoms with E-state index >= 15 is 0 Å². The van der Waals surface area contributed by atoms with E-state index in [1.165, 1.54) is 11.1 Å². The highest BCUT2D eigenvalue weighted by Gasteiger charge is 2.25. The van der Waals surface area contributed by atoms with Crippen molar-refractivity contribution in [3.05, 3.63) is 181 Å². The van der Waals surface area contributed by atoms with Gasteiger partial charge in [-0.1, -0.05) is 159 Å². The molecule has 0 spiro atoms. The summed E-state index contributed by atoms with van der Waals surface area (Å²) in [6.07, 6.45) is 0. The number of imidazole rings is 1. The van der Waals surface area contributed by atoms with E-state index in [0.717, 1.165) is 88.6 Å². The van der Waals surface area contributed by atoms with Crippen molar-refractivity contribution < 1.29 is 4.42 Å². The maximum absolute atomic E-state index is 7.00. The van der Waals surface area contributed by atoms with E-state index in [-0.39, 0.29) is 0 Å². The maximum atomic E-state index is 7.00. The van der Waals surface area contributed by atoms with Crippen LogP contribution in [0.4, 0.5) is 0 Å². The molecule has 0 aliphatic rings. The second-order valence-electron chi connectivity index (χ2n) is 14.1. The lowest BCUT2D eigenvalue weighted by molar-refractivity contribution is 0.668. The molecule has 0 amide bonds. The van der Waals surface area contributed by atoms with E-state index in [1.807, 2.05) is 0 Å². The monoisotopic (exact) mass is 680 g/mol. The standard InChI is InChI=1S/C50H36N2O/c1-32(2)37-22-25-41-46(31-37)53-49-42(27-26-39(47(41)49)34-16-8-4-9-17-34)50-51-48-40-21-13-12-20-36(40)23-29-45(48)52(50)44-28-24-38(33-14-6-3-7-15-33)30-43(44)35-18-10-5-11-19-35/h3-32H,1-2H3. The van der Waals surface area contributed by atoms with Gasteiger partial charge in [0.15, 0.2) is 0 Å². The van der Waals surface area contributed by atoms with Crippen molar-refractivity contribution in [3.8, 4) is 50.5 Å². The maximum Gasteiger partial charge on any atom is 0.149 e. The molecule has 0 saturated heterocycles. The van der Waals surface area contributed by atoms with E-state index in [9.17, 15) is 0 Å². The van der Waals surface area contributed by atoms with Crippen molar-refractivity contribution in [2.45, 2.75) is 19.8 Å². The molecule has 0 atom stereocenters. The van der Waals surface area contributed by atoms with E-state index in [2.05, 4.69) is 194 Å². The van der Waals surface area contributed by atoms with Crippen LogP contribution < -0.4 is 0 Å². The highest BCUT2D eigenvalue weighted by molar-refractivity contribution is 6.17. The molecule has 10 rings (SSSR count). The van der Waals surface area contributed by atoms with Crippen LogP contribution in [-0.2, 0) is 0 Å². The summed E-state index contributed by atoms with van der Waals surface area (Å²) < 4.78 is 9.35. The fourth-order valence-corrected chi connectivity index (χ4v) is 7.92. The van der Waals surface area contributed by atoms with E-state index in [4.69, 9.17) is 9.40 Å². The first kappa shape index (κ1) is 31.1. The van der Waals surface area contributed by atoms with Crippen molar-refractivity contribution in [2.24, 2.45) is 0 Å². The van der Waals surface area contributed by atoms with Crippen LogP contribution in [0.1, 0.15) is 25.3 Å². The number of furan rings is 1. The molecule has 0 N–H and O–H groups in total. The van der Waals surface area contributed by atoms with Crippen LogP contribution in [0.3, 0.4) is 0 Å². The molecule has 0 aliphatic heterocycles. The van der Waals surface area contributed by atoms with Crippen molar-refractivity contribution in [1.82, 2.24) is 9.55 Å². The van der Waals surface area contributed by atoms with Crippen LogP contribution in [0.15, 0.2) is 180 Å². The van der Waals surface area contributed by atoms with Gasteiger partial charge in [0.2, 0.25) is 0 Å². The molecule has 0 aliphatic carbocycles. The van der Waals surface area contributed by atoms with Gasteiger partial charge in [-0.25, -0.2) is 4.98 Å². The predicted molar refractivity (Wildman–Crippen MR) is 222 cm³/mol. The van der Waals surface area contributed by atoms with E-state index < -0.39 is 0 Å². The number of rotatable bonds is 6. The Labute approximate surface area is 308 Å². The molecule has 252 valence electrons. The third kappa shape index (κ3) is 5.16. The van der Waals surface area contributed by atoms with Gasteiger partial charge in [-0.05, 0) is 75.0 Å². The van der Waals surface area contributed by atoms with Crippen LogP contribution in [0, 0.1) is 0 Å². The molecule has 0 saturated carbocycles. The van der Waals surface area contributed by atoms with Gasteiger partial charge in [0.25, 0.3) is 0 Å². The molecule has 53 heavy (non-hydrogen) atoms. The van der Waals surface area contributed by atoms with Gasteiger partial charge in [0, 0.05) is 21.7 Å². The normalized spacial score (nSPS) is 11.8. The Morgan fingerprint density at radius 2 is 1.17 bits per heavy atom. The zero-order valence-electron chi connectivity index (χ0n) is 29.6. The number of benzene rings is 8. The minimum Gasteiger partial charge on any atom is -0.455 e. The summed E-state index contributed by atoms with van der Waals surface area (Å²) in [4.78, 5) is 5.57. The van der Waals surface area contributed by atoms with Crippen LogP contribution in [0.25, 0.3) is 94.2 Å². The first-order valence-electron chi connectivity index (χ1n) is 18.3. The Bertz CT molecular complexity index is 2950. The Kier molecular flexibility index (Phi) is 7.33. The van der Waals surface area contributed by atoms with Gasteiger partial charge in [-0.3, -0.25) is 4.57 Å². The van der Waals surface area contributed by atoms with Crippen molar-refractivity contribution in [1.29, 1.82) is 0 Å². The molecule has 2 aromatic heterocycles. The summed E-state index contributed by atoms with van der Waals surface area (Å²) in [6, 6.07) is 62.8. The third-order valence-electron chi connectivity index (χ3n) is 10.6. The minimum atomic E-state index is 0.383. The highest BCUT2D eigenvalue weighted by atomic mass is 16.3. The summed E-state index contributed by atoms with van der Waals surface area (Å²) in [7, 11) is 0. The lowest BCUT2D eigenvalue weighted by Crippen LogP contribution is -2.01. The summed E-state index contributed by atoms with van der Waals surface area (Å²) in [5, 5.41) is 4.49. The molecule has 10 aromatic rings. The van der Waals surface area contributed by atoms with Crippen molar-refractivity contribution >= 4 is 43.7 Å². The Hall–Kier alpha value is -6.71. The number of fused-ring (bicyclic) bond motifs is 6. The van der Waals surface area contributed by atoms with Crippen LogP contribution in [-0.4, -0.2) is 9.55 Å². The largest absolute Gasteiger partial charge is 0.455 e. The second-order valence-corrected chi connectivity index (χ2v) is 14.1. The molecule has 0 unspecified atom stereocenters. The lowest BCUT2D eigenvalue weighted by atomic mass is 9.95. The predicted octanol–water partition coefficient (Wildman–Crippen LogP) is 13.9. The third-order valence-corrected chi connectivity index (χ3v) is 10.6. The van der Waals surface area contributed by atoms with Gasteiger partial charge in [0.1, 0.15) is 17.0 Å². The van der Waals surface area contributed by atoms with E-state index in [1.54, 1.807) is 0 Å². The molecule has 2 heterocycles. The van der Waals surface area contributed by atoms with Gasteiger partial charge >= 0.3 is 0 Å². The molecule has 0 radical (unpaired) electrons. The first-order valence-corrected chi connectivity index (χ1v) is 18.3. The zero-order chi connectivity index (χ0) is 35.5. The lowest BCUT2D eigenvalue weighted by Gasteiger charge is -2.17. The fraction of sp³-hybridized carbons (Fsp3) is 0.0600. The number of hydrogen-bond acceptors (Lipinski definition) is 2. The van der Waals surface area contributed by atoms with Gasteiger partial charge in [-0.2, -0.15) is 0 Å². The average Bonchev–Trinajstić information content (AvgIpc) is 3.80. The molecule has 8 aromatic carbocycles. The smallest absolute Gasteiger partial charge is 0.149 e. The molecule has 0 fully saturated rings. The molecular weight excluding hydrogens is 645 g/mol. The SMILES string of the molecule is CC(C)c1ccc2c(c1)oc1c(-c3nc4c5ccccc5ccc4n3-c3ccc(-c4ccccc4)cc3-c3ccccc3)ccc(-c3ccccc3)c12. The summed E-state index contributed by atoms with van der Waals surface area (Å²) in [6.45, 7) is 4.45. The average molecular weight is 681 g/mol. The first-order chi connectivity index (χ1) is 26.1. The number of nitrogens with zero attached hydrogens (tertiary/aromatic N) is 2.